The van der Waals surface area contributed by atoms with E-state index in [4.69, 9.17) is 14.2 Å². The van der Waals surface area contributed by atoms with Crippen LogP contribution in [-0.2, 0) is 16.1 Å². The molecular weight excluding hydrogens is 449 g/mol. The van der Waals surface area contributed by atoms with Gasteiger partial charge in [0, 0.05) is 0 Å². The van der Waals surface area contributed by atoms with Gasteiger partial charge in [-0.05, 0) is 0 Å². The first kappa shape index (κ1) is 21.9. The Balaban J connectivity index is 1.74. The van der Waals surface area contributed by atoms with Crippen LogP contribution < -0.4 is 9.47 Å². The molecule has 0 spiro atoms. The second-order valence-electron chi connectivity index (χ2n) is 6.71. The Morgan fingerprint density at radius 3 is 2.53 bits per heavy atom. The maximum atomic E-state index is 12.8. The maximum absolute atomic E-state index is 12.8. The number of carbonyl (C=O) groups is 2. The Morgan fingerprint density at radius 1 is 1.07 bits per heavy atom. The van der Waals surface area contributed by atoms with E-state index in [2.05, 4.69) is 0 Å². The summed E-state index contributed by atoms with van der Waals surface area (Å²) in [5, 5.41) is 0.973. The van der Waals surface area contributed by atoms with Crippen molar-refractivity contribution in [2.75, 3.05) is 27.3 Å². The van der Waals surface area contributed by atoms with Crippen LogP contribution in [0.5, 0.6) is 11.5 Å². The molecular formula is C23H25NO5Se. The monoisotopic (exact) mass is 475 g/mol. The zero-order valence-corrected chi connectivity index (χ0v) is 19.1. The summed E-state index contributed by atoms with van der Waals surface area (Å²) in [5.41, 5.74) is 1.07. The van der Waals surface area contributed by atoms with Gasteiger partial charge < -0.3 is 0 Å². The Hall–Kier alpha value is -2.76. The van der Waals surface area contributed by atoms with Crippen molar-refractivity contribution in [1.82, 2.24) is 4.90 Å². The summed E-state index contributed by atoms with van der Waals surface area (Å²) >= 11 is -0.129. The Labute approximate surface area is 182 Å². The van der Waals surface area contributed by atoms with E-state index in [-0.39, 0.29) is 32.8 Å². The number of fused-ring (bicyclic) bond motifs is 1. The number of ether oxygens (including phenoxy) is 3. The van der Waals surface area contributed by atoms with Crippen LogP contribution >= 0.6 is 0 Å². The van der Waals surface area contributed by atoms with E-state index in [1.54, 1.807) is 26.0 Å². The molecule has 0 saturated heterocycles. The van der Waals surface area contributed by atoms with Crippen LogP contribution in [0.25, 0.3) is 9.65 Å². The molecule has 0 aliphatic heterocycles. The summed E-state index contributed by atoms with van der Waals surface area (Å²) in [6.45, 7) is 2.88. The van der Waals surface area contributed by atoms with Gasteiger partial charge in [-0.15, -0.1) is 0 Å². The number of nitrogens with zero attached hydrogens (tertiary/aromatic N) is 1. The van der Waals surface area contributed by atoms with Crippen molar-refractivity contribution in [3.8, 4) is 11.5 Å². The van der Waals surface area contributed by atoms with Crippen LogP contribution in [0.3, 0.4) is 0 Å². The molecule has 2 aromatic carbocycles. The summed E-state index contributed by atoms with van der Waals surface area (Å²) in [5.74, 6) is 0.943. The first-order chi connectivity index (χ1) is 14.5. The van der Waals surface area contributed by atoms with E-state index in [0.29, 0.717) is 31.3 Å². The third-order valence-electron chi connectivity index (χ3n) is 4.55. The van der Waals surface area contributed by atoms with Gasteiger partial charge >= 0.3 is 182 Å². The predicted octanol–water partition coefficient (Wildman–Crippen LogP) is 3.51. The van der Waals surface area contributed by atoms with E-state index in [9.17, 15) is 9.59 Å². The summed E-state index contributed by atoms with van der Waals surface area (Å²) < 4.78 is 18.2. The summed E-state index contributed by atoms with van der Waals surface area (Å²) in [6.07, 6.45) is 0.189. The van der Waals surface area contributed by atoms with Crippen LogP contribution in [0.4, 0.5) is 0 Å². The van der Waals surface area contributed by atoms with Crippen molar-refractivity contribution in [1.29, 1.82) is 0 Å². The van der Waals surface area contributed by atoms with Gasteiger partial charge in [-0.2, -0.15) is 0 Å². The number of benzene rings is 2. The minimum absolute atomic E-state index is 0.0683. The molecule has 0 fully saturated rings. The third kappa shape index (κ3) is 5.43. The fraction of sp³-hybridized carbons (Fsp3) is 0.304. The molecule has 0 N–H and O–H groups in total. The Bertz CT molecular complexity index is 1020. The number of carbonyl (C=O) groups excluding carboxylic acids is 2. The zero-order valence-electron chi connectivity index (χ0n) is 17.3. The topological polar surface area (TPSA) is 65.1 Å². The first-order valence-corrected chi connectivity index (χ1v) is 11.4. The minimum atomic E-state index is -0.295. The van der Waals surface area contributed by atoms with Crippen LogP contribution in [0.1, 0.15) is 28.1 Å². The average molecular weight is 474 g/mol. The molecule has 6 nitrogen and oxygen atoms in total. The number of hydrogen-bond donors (Lipinski definition) is 0. The zero-order chi connectivity index (χ0) is 21.5. The van der Waals surface area contributed by atoms with Crippen molar-refractivity contribution in [3.05, 3.63) is 58.5 Å². The quantitative estimate of drug-likeness (QED) is 0.351. The SMILES string of the molecule is CCOC(=O)CCN(C)C(=O)c1cc2cc(OCc3ccccc3)c(OC)cc2[se]1. The first-order valence-electron chi connectivity index (χ1n) is 9.71. The van der Waals surface area contributed by atoms with Gasteiger partial charge in [0.05, 0.1) is 0 Å². The van der Waals surface area contributed by atoms with Crippen molar-refractivity contribution >= 4 is 36.0 Å². The van der Waals surface area contributed by atoms with Gasteiger partial charge in [0.2, 0.25) is 0 Å². The fourth-order valence-corrected chi connectivity index (χ4v) is 5.18. The molecule has 0 atom stereocenters. The third-order valence-corrected chi connectivity index (χ3v) is 6.83. The standard InChI is InChI=1S/C23H25NO5Se/c1-4-28-22(25)10-11-24(2)23(26)21-13-17-12-19(18(27-3)14-20(17)30-21)29-15-16-8-6-5-7-9-16/h5-9,12-14H,4,10-11,15H2,1-3H3. The van der Waals surface area contributed by atoms with Crippen molar-refractivity contribution < 1.29 is 23.8 Å². The van der Waals surface area contributed by atoms with Gasteiger partial charge in [0.1, 0.15) is 0 Å². The normalized spacial score (nSPS) is 10.6. The summed E-state index contributed by atoms with van der Waals surface area (Å²) in [4.78, 5) is 25.9. The Morgan fingerprint density at radius 2 is 1.83 bits per heavy atom. The van der Waals surface area contributed by atoms with Crippen LogP contribution in [-0.4, -0.2) is 58.6 Å². The molecule has 158 valence electrons. The molecule has 1 heterocycles. The molecule has 3 rings (SSSR count). The molecule has 0 bridgehead atoms. The summed E-state index contributed by atoms with van der Waals surface area (Å²) in [6, 6.07) is 15.7. The molecule has 3 aromatic rings. The Kier molecular flexibility index (Phi) is 7.55. The van der Waals surface area contributed by atoms with Crippen molar-refractivity contribution in [2.24, 2.45) is 0 Å². The van der Waals surface area contributed by atoms with Crippen LogP contribution in [0.15, 0.2) is 48.5 Å². The van der Waals surface area contributed by atoms with Gasteiger partial charge in [0.25, 0.3) is 0 Å². The van der Waals surface area contributed by atoms with Gasteiger partial charge in [-0.3, -0.25) is 0 Å². The van der Waals surface area contributed by atoms with Crippen LogP contribution in [0.2, 0.25) is 0 Å². The van der Waals surface area contributed by atoms with E-state index >= 15 is 0 Å². The predicted molar refractivity (Wildman–Crippen MR) is 116 cm³/mol. The van der Waals surface area contributed by atoms with Crippen LogP contribution in [0, 0.1) is 0 Å². The molecule has 1 amide bonds. The molecule has 0 aliphatic rings. The van der Waals surface area contributed by atoms with Gasteiger partial charge in [0.15, 0.2) is 0 Å². The molecule has 1 aromatic heterocycles. The number of hydrogen-bond acceptors (Lipinski definition) is 5. The molecule has 30 heavy (non-hydrogen) atoms. The number of amides is 1. The second kappa shape index (κ2) is 10.3. The van der Waals surface area contributed by atoms with E-state index in [0.717, 1.165) is 19.6 Å². The average Bonchev–Trinajstić information content (AvgIpc) is 3.18. The second-order valence-corrected chi connectivity index (χ2v) is 8.98. The molecule has 7 heteroatoms. The van der Waals surface area contributed by atoms with Crippen molar-refractivity contribution in [2.45, 2.75) is 20.0 Å². The van der Waals surface area contributed by atoms with E-state index in [1.807, 2.05) is 48.5 Å². The molecule has 0 radical (unpaired) electrons. The van der Waals surface area contributed by atoms with E-state index < -0.39 is 0 Å². The number of rotatable bonds is 9. The fourth-order valence-electron chi connectivity index (χ4n) is 2.94. The molecule has 0 saturated carbocycles. The summed E-state index contributed by atoms with van der Waals surface area (Å²) in [7, 11) is 3.32. The van der Waals surface area contributed by atoms with E-state index in [1.165, 1.54) is 0 Å². The van der Waals surface area contributed by atoms with Gasteiger partial charge in [-0.1, -0.05) is 0 Å². The molecule has 0 aliphatic carbocycles. The molecule has 0 unspecified atom stereocenters. The van der Waals surface area contributed by atoms with Crippen molar-refractivity contribution in [3.63, 3.8) is 0 Å². The van der Waals surface area contributed by atoms with Gasteiger partial charge in [-0.25, -0.2) is 0 Å². The number of esters is 1. The number of methoxy groups -OCH3 is 1.